The van der Waals surface area contributed by atoms with E-state index in [1.807, 2.05) is 42.5 Å². The van der Waals surface area contributed by atoms with Crippen LogP contribution in [0.25, 0.3) is 0 Å². The average Bonchev–Trinajstić information content (AvgIpc) is 2.53. The Morgan fingerprint density at radius 1 is 1.14 bits per heavy atom. The number of benzene rings is 2. The van der Waals surface area contributed by atoms with E-state index in [1.54, 1.807) is 0 Å². The van der Waals surface area contributed by atoms with Crippen LogP contribution in [0.3, 0.4) is 0 Å². The molecule has 1 aliphatic heterocycles. The lowest BCUT2D eigenvalue weighted by molar-refractivity contribution is 0.322. The molecule has 0 aliphatic carbocycles. The minimum absolute atomic E-state index is 0. The summed E-state index contributed by atoms with van der Waals surface area (Å²) in [7, 11) is 0. The molecule has 2 N–H and O–H groups in total. The molecule has 4 nitrogen and oxygen atoms in total. The Labute approximate surface area is 151 Å². The molecular weight excluding hydrogens is 413 g/mol. The van der Waals surface area contributed by atoms with E-state index < -0.39 is 0 Å². The highest BCUT2D eigenvalue weighted by Crippen LogP contribution is 2.20. The molecular formula is C16H17ClIN3O. The lowest BCUT2D eigenvalue weighted by Crippen LogP contribution is -2.40. The van der Waals surface area contributed by atoms with E-state index in [0.717, 1.165) is 23.9 Å². The Bertz CT molecular complexity index is 646. The van der Waals surface area contributed by atoms with Gasteiger partial charge in [-0.05, 0) is 35.9 Å². The Hall–Kier alpha value is -1.47. The number of hydrogen-bond donors (Lipinski definition) is 2. The highest BCUT2D eigenvalue weighted by molar-refractivity contribution is 14.0. The molecule has 0 saturated heterocycles. The Kier molecular flexibility index (Phi) is 6.33. The molecule has 0 bridgehead atoms. The topological polar surface area (TPSA) is 45.6 Å². The zero-order chi connectivity index (χ0) is 14.5. The van der Waals surface area contributed by atoms with Crippen LogP contribution in [-0.4, -0.2) is 19.1 Å². The van der Waals surface area contributed by atoms with E-state index in [2.05, 4.69) is 21.7 Å². The first kappa shape index (κ1) is 16.9. The van der Waals surface area contributed by atoms with Gasteiger partial charge >= 0.3 is 0 Å². The Morgan fingerprint density at radius 2 is 1.91 bits per heavy atom. The molecule has 2 aromatic rings. The molecule has 1 aliphatic rings. The van der Waals surface area contributed by atoms with E-state index in [1.165, 1.54) is 5.56 Å². The van der Waals surface area contributed by atoms with Crippen molar-refractivity contribution in [1.29, 1.82) is 0 Å². The van der Waals surface area contributed by atoms with E-state index in [-0.39, 0.29) is 24.0 Å². The highest BCUT2D eigenvalue weighted by Gasteiger charge is 2.09. The Balaban J connectivity index is 0.00000176. The van der Waals surface area contributed by atoms with Crippen LogP contribution in [0.1, 0.15) is 5.56 Å². The van der Waals surface area contributed by atoms with E-state index >= 15 is 0 Å². The summed E-state index contributed by atoms with van der Waals surface area (Å²) >= 11 is 5.82. The maximum absolute atomic E-state index is 5.82. The van der Waals surface area contributed by atoms with Gasteiger partial charge in [-0.25, -0.2) is 4.99 Å². The van der Waals surface area contributed by atoms with Gasteiger partial charge in [-0.1, -0.05) is 29.8 Å². The number of rotatable bonds is 4. The second kappa shape index (κ2) is 8.24. The lowest BCUT2D eigenvalue weighted by atomic mass is 10.1. The lowest BCUT2D eigenvalue weighted by Gasteiger charge is -2.18. The quantitative estimate of drug-likeness (QED) is 0.575. The monoisotopic (exact) mass is 429 g/mol. The summed E-state index contributed by atoms with van der Waals surface area (Å²) < 4.78 is 5.62. The number of ether oxygens (including phenoxy) is 1. The molecule has 0 amide bonds. The molecule has 2 aromatic carbocycles. The van der Waals surface area contributed by atoms with Crippen molar-refractivity contribution in [2.75, 3.05) is 13.2 Å². The van der Waals surface area contributed by atoms with Gasteiger partial charge in [0, 0.05) is 11.6 Å². The molecule has 1 heterocycles. The van der Waals surface area contributed by atoms with Crippen LogP contribution in [0.2, 0.25) is 5.02 Å². The van der Waals surface area contributed by atoms with Gasteiger partial charge in [0.05, 0.1) is 12.2 Å². The van der Waals surface area contributed by atoms with Crippen molar-refractivity contribution in [2.24, 2.45) is 4.99 Å². The first-order valence-electron chi connectivity index (χ1n) is 6.84. The van der Waals surface area contributed by atoms with Gasteiger partial charge < -0.3 is 15.4 Å². The van der Waals surface area contributed by atoms with Crippen LogP contribution in [-0.2, 0) is 6.54 Å². The van der Waals surface area contributed by atoms with Crippen molar-refractivity contribution in [3.05, 3.63) is 59.1 Å². The number of para-hydroxylation sites is 1. The van der Waals surface area contributed by atoms with Crippen molar-refractivity contribution in [3.63, 3.8) is 0 Å². The smallest absolute Gasteiger partial charge is 0.196 e. The van der Waals surface area contributed by atoms with Crippen LogP contribution in [0.4, 0.5) is 5.69 Å². The molecule has 22 heavy (non-hydrogen) atoms. The first-order chi connectivity index (χ1) is 10.3. The SMILES string of the molecule is Clc1ccc(OCCNC2=Nc3ccccc3CN2)cc1.I. The Morgan fingerprint density at radius 3 is 2.73 bits per heavy atom. The predicted octanol–water partition coefficient (Wildman–Crippen LogP) is 3.72. The molecule has 0 radical (unpaired) electrons. The van der Waals surface area contributed by atoms with Gasteiger partial charge in [-0.3, -0.25) is 0 Å². The second-order valence-electron chi connectivity index (χ2n) is 4.67. The molecule has 0 saturated carbocycles. The van der Waals surface area contributed by atoms with Crippen LogP contribution >= 0.6 is 35.6 Å². The number of nitrogens with one attached hydrogen (secondary N) is 2. The fourth-order valence-electron chi connectivity index (χ4n) is 2.08. The van der Waals surface area contributed by atoms with Gasteiger partial charge in [0.1, 0.15) is 12.4 Å². The third-order valence-electron chi connectivity index (χ3n) is 3.15. The molecule has 0 unspecified atom stereocenters. The van der Waals surface area contributed by atoms with Gasteiger partial charge in [0.2, 0.25) is 0 Å². The van der Waals surface area contributed by atoms with Crippen LogP contribution in [0.5, 0.6) is 5.75 Å². The van der Waals surface area contributed by atoms with Gasteiger partial charge in [0.15, 0.2) is 5.96 Å². The summed E-state index contributed by atoms with van der Waals surface area (Å²) in [6.07, 6.45) is 0. The summed E-state index contributed by atoms with van der Waals surface area (Å²) in [6.45, 7) is 2.03. The van der Waals surface area contributed by atoms with Crippen LogP contribution in [0, 0.1) is 0 Å². The zero-order valence-electron chi connectivity index (χ0n) is 11.9. The van der Waals surface area contributed by atoms with Crippen LogP contribution in [0.15, 0.2) is 53.5 Å². The third-order valence-corrected chi connectivity index (χ3v) is 3.40. The van der Waals surface area contributed by atoms with Crippen molar-refractivity contribution in [1.82, 2.24) is 10.6 Å². The predicted molar refractivity (Wildman–Crippen MR) is 101 cm³/mol. The van der Waals surface area contributed by atoms with Gasteiger partial charge in [0.25, 0.3) is 0 Å². The molecule has 116 valence electrons. The molecule has 0 aromatic heterocycles. The number of halogens is 2. The fraction of sp³-hybridized carbons (Fsp3) is 0.188. The van der Waals surface area contributed by atoms with E-state index in [4.69, 9.17) is 16.3 Å². The van der Waals surface area contributed by atoms with Crippen molar-refractivity contribution in [3.8, 4) is 5.75 Å². The summed E-state index contributed by atoms with van der Waals surface area (Å²) in [6, 6.07) is 15.4. The number of nitrogens with zero attached hydrogens (tertiary/aromatic N) is 1. The van der Waals surface area contributed by atoms with Crippen molar-refractivity contribution < 1.29 is 4.74 Å². The fourth-order valence-corrected chi connectivity index (χ4v) is 2.21. The molecule has 0 spiro atoms. The summed E-state index contributed by atoms with van der Waals surface area (Å²) in [5, 5.41) is 7.19. The summed E-state index contributed by atoms with van der Waals surface area (Å²) in [5.74, 6) is 1.60. The molecule has 6 heteroatoms. The first-order valence-corrected chi connectivity index (χ1v) is 7.22. The zero-order valence-corrected chi connectivity index (χ0v) is 15.0. The number of aliphatic imine (C=N–C) groups is 1. The minimum Gasteiger partial charge on any atom is -0.492 e. The molecule has 0 fully saturated rings. The third kappa shape index (κ3) is 4.51. The maximum Gasteiger partial charge on any atom is 0.196 e. The van der Waals surface area contributed by atoms with Crippen LogP contribution < -0.4 is 15.4 Å². The molecule has 0 atom stereocenters. The maximum atomic E-state index is 5.82. The van der Waals surface area contributed by atoms with E-state index in [9.17, 15) is 0 Å². The second-order valence-corrected chi connectivity index (χ2v) is 5.11. The summed E-state index contributed by atoms with van der Waals surface area (Å²) in [4.78, 5) is 4.52. The minimum atomic E-state index is 0. The van der Waals surface area contributed by atoms with Gasteiger partial charge in [-0.15, -0.1) is 24.0 Å². The average molecular weight is 430 g/mol. The number of fused-ring (bicyclic) bond motifs is 1. The normalized spacial score (nSPS) is 12.3. The standard InChI is InChI=1S/C16H16ClN3O.HI/c17-13-5-7-14(8-6-13)21-10-9-18-16-19-11-12-3-1-2-4-15(12)20-16;/h1-8H,9-11H2,(H2,18,19,20);1H. The number of guanidine groups is 1. The summed E-state index contributed by atoms with van der Waals surface area (Å²) in [5.41, 5.74) is 2.22. The van der Waals surface area contributed by atoms with Crippen molar-refractivity contribution in [2.45, 2.75) is 6.54 Å². The van der Waals surface area contributed by atoms with Crippen molar-refractivity contribution >= 4 is 47.2 Å². The highest BCUT2D eigenvalue weighted by atomic mass is 127. The number of hydrogen-bond acceptors (Lipinski definition) is 4. The van der Waals surface area contributed by atoms with E-state index in [0.29, 0.717) is 18.2 Å². The van der Waals surface area contributed by atoms with Gasteiger partial charge in [-0.2, -0.15) is 0 Å². The largest absolute Gasteiger partial charge is 0.492 e. The molecule has 3 rings (SSSR count).